The molecule has 2 aromatic rings. The summed E-state index contributed by atoms with van der Waals surface area (Å²) in [6, 6.07) is 6.96. The predicted molar refractivity (Wildman–Crippen MR) is 93.4 cm³/mol. The van der Waals surface area contributed by atoms with Crippen LogP contribution in [-0.2, 0) is 19.6 Å². The normalized spacial score (nSPS) is 11.5. The molecule has 0 saturated heterocycles. The quantitative estimate of drug-likeness (QED) is 0.800. The molecule has 0 aliphatic rings. The Labute approximate surface area is 139 Å². The molecular formula is C16H22BrN3S. The molecule has 2 heterocycles. The van der Waals surface area contributed by atoms with Crippen LogP contribution in [0.3, 0.4) is 0 Å². The van der Waals surface area contributed by atoms with E-state index in [4.69, 9.17) is 0 Å². The zero-order valence-electron chi connectivity index (χ0n) is 12.8. The Balaban J connectivity index is 1.84. The summed E-state index contributed by atoms with van der Waals surface area (Å²) in [4.78, 5) is 6.84. The zero-order chi connectivity index (χ0) is 15.2. The van der Waals surface area contributed by atoms with E-state index in [-0.39, 0.29) is 0 Å². The summed E-state index contributed by atoms with van der Waals surface area (Å²) in [7, 11) is 2.13. The highest BCUT2D eigenvalue weighted by Gasteiger charge is 2.05. The number of halogens is 1. The maximum absolute atomic E-state index is 4.56. The third-order valence-corrected chi connectivity index (χ3v) is 4.66. The summed E-state index contributed by atoms with van der Waals surface area (Å²) in [6.45, 7) is 6.99. The van der Waals surface area contributed by atoms with Gasteiger partial charge in [-0.15, -0.1) is 11.3 Å². The smallest absolute Gasteiger partial charge is 0.0701 e. The van der Waals surface area contributed by atoms with Crippen LogP contribution < -0.4 is 5.32 Å². The van der Waals surface area contributed by atoms with E-state index in [0.29, 0.717) is 6.04 Å². The third-order valence-electron chi connectivity index (χ3n) is 3.11. The van der Waals surface area contributed by atoms with Gasteiger partial charge in [0.2, 0.25) is 0 Å². The molecule has 21 heavy (non-hydrogen) atoms. The first kappa shape index (κ1) is 16.6. The molecule has 0 spiro atoms. The standard InChI is InChI=1S/C16H22BrN3S/c1-12(2)18-7-13-4-5-15(19-8-13)10-20(3)9-14-6-16(17)21-11-14/h4-6,8,11-12,18H,7,9-10H2,1-3H3. The number of aromatic nitrogens is 1. The molecule has 114 valence electrons. The molecule has 0 radical (unpaired) electrons. The highest BCUT2D eigenvalue weighted by molar-refractivity contribution is 9.11. The van der Waals surface area contributed by atoms with Crippen molar-refractivity contribution in [3.05, 3.63) is 50.4 Å². The van der Waals surface area contributed by atoms with Gasteiger partial charge in [0.15, 0.2) is 0 Å². The highest BCUT2D eigenvalue weighted by Crippen LogP contribution is 2.21. The Bertz CT molecular complexity index is 551. The van der Waals surface area contributed by atoms with Gasteiger partial charge in [-0.3, -0.25) is 9.88 Å². The van der Waals surface area contributed by atoms with E-state index in [2.05, 4.69) is 75.6 Å². The second-order valence-corrected chi connectivity index (χ2v) is 7.92. The molecule has 0 bridgehead atoms. The fourth-order valence-corrected chi connectivity index (χ4v) is 3.25. The van der Waals surface area contributed by atoms with E-state index in [1.165, 1.54) is 14.9 Å². The monoisotopic (exact) mass is 367 g/mol. The van der Waals surface area contributed by atoms with Gasteiger partial charge in [-0.1, -0.05) is 19.9 Å². The average Bonchev–Trinajstić information content (AvgIpc) is 2.83. The fourth-order valence-electron chi connectivity index (χ4n) is 2.05. The molecule has 2 rings (SSSR count). The SMILES string of the molecule is CC(C)NCc1ccc(CN(C)Cc2csc(Br)c2)nc1. The van der Waals surface area contributed by atoms with Crippen molar-refractivity contribution in [2.24, 2.45) is 0 Å². The van der Waals surface area contributed by atoms with Crippen LogP contribution >= 0.6 is 27.3 Å². The van der Waals surface area contributed by atoms with Crippen molar-refractivity contribution in [2.45, 2.75) is 39.5 Å². The van der Waals surface area contributed by atoms with Crippen LogP contribution in [0.2, 0.25) is 0 Å². The van der Waals surface area contributed by atoms with Crippen LogP contribution in [0.25, 0.3) is 0 Å². The van der Waals surface area contributed by atoms with Crippen LogP contribution in [0.4, 0.5) is 0 Å². The maximum atomic E-state index is 4.56. The molecule has 0 amide bonds. The lowest BCUT2D eigenvalue weighted by Crippen LogP contribution is -2.22. The van der Waals surface area contributed by atoms with Crippen LogP contribution in [0.1, 0.15) is 30.7 Å². The molecule has 0 atom stereocenters. The van der Waals surface area contributed by atoms with Crippen molar-refractivity contribution in [3.8, 4) is 0 Å². The van der Waals surface area contributed by atoms with Crippen molar-refractivity contribution in [1.82, 2.24) is 15.2 Å². The number of nitrogens with one attached hydrogen (secondary N) is 1. The second-order valence-electron chi connectivity index (χ2n) is 5.62. The molecule has 3 nitrogen and oxygen atoms in total. The Morgan fingerprint density at radius 2 is 2.10 bits per heavy atom. The summed E-state index contributed by atoms with van der Waals surface area (Å²) in [6.07, 6.45) is 1.97. The minimum absolute atomic E-state index is 0.501. The molecule has 1 N–H and O–H groups in total. The number of hydrogen-bond donors (Lipinski definition) is 1. The van der Waals surface area contributed by atoms with Crippen LogP contribution in [0, 0.1) is 0 Å². The van der Waals surface area contributed by atoms with Crippen molar-refractivity contribution in [2.75, 3.05) is 7.05 Å². The van der Waals surface area contributed by atoms with E-state index in [1.807, 2.05) is 6.20 Å². The van der Waals surface area contributed by atoms with Gasteiger partial charge in [0, 0.05) is 31.9 Å². The first-order valence-electron chi connectivity index (χ1n) is 7.11. The van der Waals surface area contributed by atoms with Gasteiger partial charge < -0.3 is 5.32 Å². The van der Waals surface area contributed by atoms with Gasteiger partial charge in [-0.05, 0) is 51.6 Å². The summed E-state index contributed by atoms with van der Waals surface area (Å²) in [5.74, 6) is 0. The lowest BCUT2D eigenvalue weighted by atomic mass is 10.2. The van der Waals surface area contributed by atoms with Gasteiger partial charge in [0.1, 0.15) is 0 Å². The third kappa shape index (κ3) is 5.87. The van der Waals surface area contributed by atoms with Crippen molar-refractivity contribution < 1.29 is 0 Å². The van der Waals surface area contributed by atoms with Crippen molar-refractivity contribution in [1.29, 1.82) is 0 Å². The summed E-state index contributed by atoms with van der Waals surface area (Å²) in [5.41, 5.74) is 3.68. The average molecular weight is 368 g/mol. The minimum Gasteiger partial charge on any atom is -0.310 e. The molecule has 0 aliphatic heterocycles. The van der Waals surface area contributed by atoms with Crippen molar-refractivity contribution in [3.63, 3.8) is 0 Å². The number of pyridine rings is 1. The summed E-state index contributed by atoms with van der Waals surface area (Å²) < 4.78 is 1.19. The lowest BCUT2D eigenvalue weighted by Gasteiger charge is -2.15. The topological polar surface area (TPSA) is 28.2 Å². The van der Waals surface area contributed by atoms with Crippen LogP contribution in [0.5, 0.6) is 0 Å². The van der Waals surface area contributed by atoms with Gasteiger partial charge >= 0.3 is 0 Å². The number of hydrogen-bond acceptors (Lipinski definition) is 4. The summed E-state index contributed by atoms with van der Waals surface area (Å²) in [5, 5.41) is 5.59. The molecule has 0 fully saturated rings. The molecule has 0 aromatic carbocycles. The molecule has 5 heteroatoms. The van der Waals surface area contributed by atoms with E-state index in [0.717, 1.165) is 25.3 Å². The van der Waals surface area contributed by atoms with Crippen LogP contribution in [0.15, 0.2) is 33.6 Å². The van der Waals surface area contributed by atoms with Gasteiger partial charge in [-0.25, -0.2) is 0 Å². The van der Waals surface area contributed by atoms with Crippen molar-refractivity contribution >= 4 is 27.3 Å². The first-order chi connectivity index (χ1) is 10.0. The van der Waals surface area contributed by atoms with E-state index in [1.54, 1.807) is 11.3 Å². The first-order valence-corrected chi connectivity index (χ1v) is 8.79. The molecule has 0 aliphatic carbocycles. The Morgan fingerprint density at radius 1 is 1.29 bits per heavy atom. The predicted octanol–water partition coefficient (Wildman–Crippen LogP) is 4.04. The maximum Gasteiger partial charge on any atom is 0.0701 e. The number of thiophene rings is 1. The van der Waals surface area contributed by atoms with Crippen LogP contribution in [-0.4, -0.2) is 23.0 Å². The molecule has 2 aromatic heterocycles. The Morgan fingerprint density at radius 3 is 2.67 bits per heavy atom. The summed E-state index contributed by atoms with van der Waals surface area (Å²) >= 11 is 5.23. The highest BCUT2D eigenvalue weighted by atomic mass is 79.9. The lowest BCUT2D eigenvalue weighted by molar-refractivity contribution is 0.315. The number of rotatable bonds is 7. The second kappa shape index (κ2) is 8.03. The largest absolute Gasteiger partial charge is 0.310 e. The van der Waals surface area contributed by atoms with E-state index in [9.17, 15) is 0 Å². The van der Waals surface area contributed by atoms with Gasteiger partial charge in [0.25, 0.3) is 0 Å². The minimum atomic E-state index is 0.501. The van der Waals surface area contributed by atoms with Gasteiger partial charge in [0.05, 0.1) is 9.48 Å². The van der Waals surface area contributed by atoms with Gasteiger partial charge in [-0.2, -0.15) is 0 Å². The van der Waals surface area contributed by atoms with E-state index < -0.39 is 0 Å². The number of nitrogens with zero attached hydrogens (tertiary/aromatic N) is 2. The molecule has 0 unspecified atom stereocenters. The molecular weight excluding hydrogens is 346 g/mol. The zero-order valence-corrected chi connectivity index (χ0v) is 15.2. The fraction of sp³-hybridized carbons (Fsp3) is 0.438. The Kier molecular flexibility index (Phi) is 6.36. The molecule has 0 saturated carbocycles. The van der Waals surface area contributed by atoms with E-state index >= 15 is 0 Å². The Hall–Kier alpha value is -0.750.